The molecular weight excluding hydrogens is 807 g/mol. The fraction of sp³-hybridized carbons (Fsp3) is 0. The van der Waals surface area contributed by atoms with E-state index in [9.17, 15) is 0 Å². The first kappa shape index (κ1) is 36.5. The van der Waals surface area contributed by atoms with Gasteiger partial charge in [-0.15, -0.1) is 0 Å². The number of nitrogens with zero attached hydrogens (tertiary/aromatic N) is 1. The molecule has 15 aromatic rings. The highest BCUT2D eigenvalue weighted by molar-refractivity contribution is 6.28. The molecule has 0 aliphatic carbocycles. The molecule has 0 spiro atoms. The Kier molecular flexibility index (Phi) is 7.56. The molecule has 15 rings (SSSR count). The summed E-state index contributed by atoms with van der Waals surface area (Å²) in [4.78, 5) is 2.40. The molecule has 0 unspecified atom stereocenters. The van der Waals surface area contributed by atoms with Crippen LogP contribution in [0.15, 0.2) is 237 Å². The van der Waals surface area contributed by atoms with E-state index in [4.69, 9.17) is 0 Å². The zero-order chi connectivity index (χ0) is 43.7. The Bertz CT molecular complexity index is 3910. The maximum absolute atomic E-state index is 2.40. The molecule has 0 aliphatic heterocycles. The lowest BCUT2D eigenvalue weighted by atomic mass is 9.89. The summed E-state index contributed by atoms with van der Waals surface area (Å²) in [6.45, 7) is 0. The van der Waals surface area contributed by atoms with Gasteiger partial charge in [-0.3, -0.25) is 0 Å². The Morgan fingerprint density at radius 1 is 0.179 bits per heavy atom. The second-order valence-corrected chi connectivity index (χ2v) is 18.4. The predicted octanol–water partition coefficient (Wildman–Crippen LogP) is 18.8. The van der Waals surface area contributed by atoms with Crippen LogP contribution in [0.3, 0.4) is 0 Å². The van der Waals surface area contributed by atoms with E-state index in [0.29, 0.717) is 0 Å². The Labute approximate surface area is 387 Å². The second kappa shape index (κ2) is 13.9. The van der Waals surface area contributed by atoms with Gasteiger partial charge in [0.1, 0.15) is 0 Å². The third kappa shape index (κ3) is 5.37. The van der Waals surface area contributed by atoms with Crippen molar-refractivity contribution >= 4 is 114 Å². The average molecular weight is 846 g/mol. The lowest BCUT2D eigenvalue weighted by Gasteiger charge is -2.26. The first-order chi connectivity index (χ1) is 33.2. The molecule has 0 saturated carbocycles. The van der Waals surface area contributed by atoms with E-state index in [-0.39, 0.29) is 0 Å². The Balaban J connectivity index is 0.856. The summed E-state index contributed by atoms with van der Waals surface area (Å²) in [5.74, 6) is 0. The molecule has 308 valence electrons. The molecule has 1 nitrogen and oxygen atoms in total. The van der Waals surface area contributed by atoms with Gasteiger partial charge in [0.05, 0.1) is 0 Å². The highest BCUT2D eigenvalue weighted by atomic mass is 15.1. The summed E-state index contributed by atoms with van der Waals surface area (Å²) in [5.41, 5.74) is 10.7. The van der Waals surface area contributed by atoms with Crippen molar-refractivity contribution in [2.24, 2.45) is 0 Å². The smallest absolute Gasteiger partial charge is 0.0462 e. The second-order valence-electron chi connectivity index (χ2n) is 18.4. The molecule has 0 aliphatic rings. The van der Waals surface area contributed by atoms with Crippen molar-refractivity contribution in [2.45, 2.75) is 0 Å². The minimum atomic E-state index is 1.10. The summed E-state index contributed by atoms with van der Waals surface area (Å²) in [5, 5.41) is 23.5. The predicted molar refractivity (Wildman–Crippen MR) is 289 cm³/mol. The van der Waals surface area contributed by atoms with Gasteiger partial charge in [-0.05, 0) is 167 Å². The molecule has 0 heterocycles. The summed E-state index contributed by atoms with van der Waals surface area (Å²) in [6, 6.07) is 88.4. The molecule has 0 saturated heterocycles. The minimum absolute atomic E-state index is 1.10. The zero-order valence-electron chi connectivity index (χ0n) is 36.5. The normalized spacial score (nSPS) is 12.2. The van der Waals surface area contributed by atoms with Gasteiger partial charge in [-0.1, -0.05) is 200 Å². The highest BCUT2D eigenvalue weighted by Gasteiger charge is 2.19. The van der Waals surface area contributed by atoms with Crippen molar-refractivity contribution in [1.29, 1.82) is 0 Å². The SMILES string of the molecule is c1cc2ccc3ccc(-c4ccc(N(c5ccc(-c6ccc7ccc8cccc9ccc6c7c89)cc5)c5ccc(-c6ccc7ccc8cccc9ccc6c7c89)cc5)cc4)c4ccc(c1)c2c34. The highest BCUT2D eigenvalue weighted by Crippen LogP contribution is 2.45. The summed E-state index contributed by atoms with van der Waals surface area (Å²) in [7, 11) is 0. The molecule has 0 atom stereocenters. The van der Waals surface area contributed by atoms with E-state index in [0.717, 1.165) is 17.1 Å². The van der Waals surface area contributed by atoms with Crippen LogP contribution in [-0.2, 0) is 0 Å². The molecule has 0 N–H and O–H groups in total. The zero-order valence-corrected chi connectivity index (χ0v) is 36.5. The summed E-state index contributed by atoms with van der Waals surface area (Å²) >= 11 is 0. The summed E-state index contributed by atoms with van der Waals surface area (Å²) < 4.78 is 0. The maximum atomic E-state index is 2.40. The molecule has 0 amide bonds. The monoisotopic (exact) mass is 845 g/mol. The molecule has 67 heavy (non-hydrogen) atoms. The van der Waals surface area contributed by atoms with Gasteiger partial charge in [-0.2, -0.15) is 0 Å². The van der Waals surface area contributed by atoms with E-state index in [1.165, 1.54) is 130 Å². The van der Waals surface area contributed by atoms with Crippen molar-refractivity contribution in [3.8, 4) is 33.4 Å². The van der Waals surface area contributed by atoms with Crippen LogP contribution < -0.4 is 4.90 Å². The molecule has 0 fully saturated rings. The number of hydrogen-bond acceptors (Lipinski definition) is 1. The van der Waals surface area contributed by atoms with Crippen molar-refractivity contribution in [2.75, 3.05) is 4.90 Å². The standard InChI is InChI=1S/C66H39N/c1-4-43-10-13-49-22-34-55(58-37-25-46(7-1)61(43)64(49)58)40-16-28-52(29-17-40)67(53-30-18-41(19-31-53)56-35-23-50-14-11-44-5-2-8-47-26-38-59(56)65(50)62(44)47)54-32-20-42(21-33-54)57-36-24-51-15-12-45-6-3-9-48-27-39-60(57)66(51)63(45)48/h1-39H. The molecule has 15 aromatic carbocycles. The Morgan fingerprint density at radius 3 is 0.672 bits per heavy atom. The van der Waals surface area contributed by atoms with Crippen LogP contribution in [0, 0.1) is 0 Å². The fourth-order valence-corrected chi connectivity index (χ4v) is 11.8. The number of hydrogen-bond donors (Lipinski definition) is 0. The quantitative estimate of drug-likeness (QED) is 0.151. The molecule has 1 heteroatoms. The van der Waals surface area contributed by atoms with Crippen molar-refractivity contribution in [3.63, 3.8) is 0 Å². The average Bonchev–Trinajstić information content (AvgIpc) is 3.39. The van der Waals surface area contributed by atoms with Gasteiger partial charge >= 0.3 is 0 Å². The van der Waals surface area contributed by atoms with Crippen LogP contribution in [-0.4, -0.2) is 0 Å². The van der Waals surface area contributed by atoms with Crippen molar-refractivity contribution in [1.82, 2.24) is 0 Å². The van der Waals surface area contributed by atoms with E-state index < -0.39 is 0 Å². The summed E-state index contributed by atoms with van der Waals surface area (Å²) in [6.07, 6.45) is 0. The molecule has 0 bridgehead atoms. The third-order valence-electron chi connectivity index (χ3n) is 14.9. The maximum Gasteiger partial charge on any atom is 0.0462 e. The van der Waals surface area contributed by atoms with Crippen LogP contribution >= 0.6 is 0 Å². The van der Waals surface area contributed by atoms with Crippen molar-refractivity contribution in [3.05, 3.63) is 237 Å². The largest absolute Gasteiger partial charge is 0.311 e. The Morgan fingerprint density at radius 2 is 0.403 bits per heavy atom. The van der Waals surface area contributed by atoms with Crippen LogP contribution in [0.2, 0.25) is 0 Å². The molecular formula is C66H39N. The lowest BCUT2D eigenvalue weighted by Crippen LogP contribution is -2.09. The molecule has 0 radical (unpaired) electrons. The number of rotatable bonds is 6. The van der Waals surface area contributed by atoms with Gasteiger partial charge < -0.3 is 4.90 Å². The van der Waals surface area contributed by atoms with Crippen molar-refractivity contribution < 1.29 is 0 Å². The van der Waals surface area contributed by atoms with E-state index in [1.54, 1.807) is 0 Å². The number of anilines is 3. The minimum Gasteiger partial charge on any atom is -0.311 e. The van der Waals surface area contributed by atoms with Gasteiger partial charge in [0.2, 0.25) is 0 Å². The van der Waals surface area contributed by atoms with Gasteiger partial charge in [0.15, 0.2) is 0 Å². The Hall–Kier alpha value is -8.78. The topological polar surface area (TPSA) is 3.24 Å². The molecule has 0 aromatic heterocycles. The first-order valence-corrected chi connectivity index (χ1v) is 23.3. The lowest BCUT2D eigenvalue weighted by molar-refractivity contribution is 1.28. The third-order valence-corrected chi connectivity index (χ3v) is 14.9. The fourth-order valence-electron chi connectivity index (χ4n) is 11.8. The van der Waals surface area contributed by atoms with Gasteiger partial charge in [-0.25, -0.2) is 0 Å². The van der Waals surface area contributed by atoms with Gasteiger partial charge in [0, 0.05) is 17.1 Å². The number of benzene rings is 15. The first-order valence-electron chi connectivity index (χ1n) is 23.3. The van der Waals surface area contributed by atoms with E-state index in [2.05, 4.69) is 241 Å². The van der Waals surface area contributed by atoms with Crippen LogP contribution in [0.25, 0.3) is 130 Å². The van der Waals surface area contributed by atoms with Crippen LogP contribution in [0.5, 0.6) is 0 Å². The van der Waals surface area contributed by atoms with Crippen LogP contribution in [0.4, 0.5) is 17.1 Å². The van der Waals surface area contributed by atoms with Crippen LogP contribution in [0.1, 0.15) is 0 Å². The van der Waals surface area contributed by atoms with E-state index in [1.807, 2.05) is 0 Å². The van der Waals surface area contributed by atoms with E-state index >= 15 is 0 Å². The van der Waals surface area contributed by atoms with Gasteiger partial charge in [0.25, 0.3) is 0 Å².